The minimum atomic E-state index is -5.61. The van der Waals surface area contributed by atoms with E-state index in [1.54, 1.807) is 13.8 Å². The number of hydrogen-bond acceptors (Lipinski definition) is 7. The second-order valence-electron chi connectivity index (χ2n) is 6.26. The summed E-state index contributed by atoms with van der Waals surface area (Å²) in [6, 6.07) is 6.39. The van der Waals surface area contributed by atoms with Gasteiger partial charge in [-0.05, 0) is 55.8 Å². The van der Waals surface area contributed by atoms with Crippen molar-refractivity contribution in [2.75, 3.05) is 0 Å². The van der Waals surface area contributed by atoms with Gasteiger partial charge in [0.2, 0.25) is 0 Å². The van der Waals surface area contributed by atoms with Crippen LogP contribution in [0.4, 0.5) is 13.2 Å². The van der Waals surface area contributed by atoms with Crippen LogP contribution in [-0.4, -0.2) is 22.3 Å². The molecule has 1 aromatic heterocycles. The Morgan fingerprint density at radius 3 is 2.00 bits per heavy atom. The molecule has 0 aliphatic heterocycles. The molecule has 2 aromatic carbocycles. The van der Waals surface area contributed by atoms with Gasteiger partial charge in [0.25, 0.3) is 9.84 Å². The predicted molar refractivity (Wildman–Crippen MR) is 99.5 cm³/mol. The Morgan fingerprint density at radius 2 is 1.43 bits per heavy atom. The Kier molecular flexibility index (Phi) is 5.19. The summed E-state index contributed by atoms with van der Waals surface area (Å²) < 4.78 is 95.3. The average molecular weight is 462 g/mol. The molecule has 3 rings (SSSR count). The lowest BCUT2D eigenvalue weighted by Crippen LogP contribution is -2.23. The number of sulfone groups is 1. The van der Waals surface area contributed by atoms with E-state index in [1.807, 2.05) is 0 Å². The van der Waals surface area contributed by atoms with E-state index >= 15 is 0 Å². The Balaban J connectivity index is 1.95. The molecule has 0 aliphatic rings. The number of alkyl halides is 3. The number of benzene rings is 2. The maximum Gasteiger partial charge on any atom is 0.501 e. The number of halogens is 3. The fourth-order valence-electron chi connectivity index (χ4n) is 2.57. The van der Waals surface area contributed by atoms with Crippen LogP contribution in [0.2, 0.25) is 0 Å². The van der Waals surface area contributed by atoms with Gasteiger partial charge in [-0.1, -0.05) is 0 Å². The maximum atomic E-state index is 12.6. The maximum absolute atomic E-state index is 12.6. The van der Waals surface area contributed by atoms with E-state index in [1.165, 1.54) is 18.2 Å². The van der Waals surface area contributed by atoms with Gasteiger partial charge >= 0.3 is 21.3 Å². The summed E-state index contributed by atoms with van der Waals surface area (Å²) in [7, 11) is -10.1. The zero-order chi connectivity index (χ0) is 22.5. The first-order chi connectivity index (χ1) is 13.7. The molecular weight excluding hydrogens is 449 g/mol. The minimum Gasteiger partial charge on any atom is -0.422 e. The van der Waals surface area contributed by atoms with Crippen LogP contribution in [0.25, 0.3) is 11.0 Å². The minimum absolute atomic E-state index is 0.0856. The lowest BCUT2D eigenvalue weighted by molar-refractivity contribution is -0.0436. The van der Waals surface area contributed by atoms with Crippen LogP contribution in [0.15, 0.2) is 61.5 Å². The van der Waals surface area contributed by atoms with Crippen LogP contribution >= 0.6 is 0 Å². The first-order valence-corrected chi connectivity index (χ1v) is 11.0. The van der Waals surface area contributed by atoms with Gasteiger partial charge in [0.15, 0.2) is 0 Å². The summed E-state index contributed by atoms with van der Waals surface area (Å²) in [4.78, 5) is 10.1. The summed E-state index contributed by atoms with van der Waals surface area (Å²) >= 11 is 0. The van der Waals surface area contributed by atoms with Crippen LogP contribution in [-0.2, 0) is 20.0 Å². The van der Waals surface area contributed by atoms with Crippen molar-refractivity contribution in [1.29, 1.82) is 0 Å². The molecular formula is C18H13F3O7S2. The van der Waals surface area contributed by atoms with Crippen molar-refractivity contribution in [3.8, 4) is 5.75 Å². The fourth-order valence-corrected chi connectivity index (χ4v) is 4.26. The quantitative estimate of drug-likeness (QED) is 0.432. The lowest BCUT2D eigenvalue weighted by Gasteiger charge is -2.10. The van der Waals surface area contributed by atoms with Gasteiger partial charge < -0.3 is 8.60 Å². The molecule has 0 N–H and O–H groups in total. The molecule has 7 nitrogen and oxygen atoms in total. The van der Waals surface area contributed by atoms with Crippen molar-refractivity contribution in [1.82, 2.24) is 0 Å². The summed E-state index contributed by atoms with van der Waals surface area (Å²) in [5.74, 6) is -0.208. The van der Waals surface area contributed by atoms with E-state index in [-0.39, 0.29) is 11.3 Å². The van der Waals surface area contributed by atoms with Crippen LogP contribution in [0.1, 0.15) is 11.1 Å². The molecule has 30 heavy (non-hydrogen) atoms. The molecule has 0 unspecified atom stereocenters. The fraction of sp³-hybridized carbons (Fsp3) is 0.167. The molecule has 0 saturated heterocycles. The Morgan fingerprint density at radius 1 is 0.867 bits per heavy atom. The number of hydrogen-bond donors (Lipinski definition) is 0. The lowest BCUT2D eigenvalue weighted by atomic mass is 10.1. The third-order valence-corrected chi connectivity index (χ3v) is 7.13. The Labute approximate surface area is 168 Å². The smallest absolute Gasteiger partial charge is 0.422 e. The van der Waals surface area contributed by atoms with E-state index in [0.29, 0.717) is 40.8 Å². The highest BCUT2D eigenvalue weighted by atomic mass is 32.2. The van der Waals surface area contributed by atoms with E-state index in [2.05, 4.69) is 0 Å². The largest absolute Gasteiger partial charge is 0.501 e. The molecule has 12 heteroatoms. The molecule has 1 heterocycles. The number of rotatable bonds is 4. The first-order valence-electron chi connectivity index (χ1n) is 8.14. The summed E-state index contributed by atoms with van der Waals surface area (Å²) in [6.45, 7) is 3.28. The average Bonchev–Trinajstić information content (AvgIpc) is 2.65. The van der Waals surface area contributed by atoms with E-state index < -0.39 is 40.9 Å². The summed E-state index contributed by atoms with van der Waals surface area (Å²) in [6.07, 6.45) is 0. The van der Waals surface area contributed by atoms with Crippen molar-refractivity contribution in [2.24, 2.45) is 0 Å². The van der Waals surface area contributed by atoms with E-state index in [4.69, 9.17) is 8.60 Å². The molecule has 0 aliphatic carbocycles. The SMILES string of the molecule is Cc1c(C)c2ccc(OS(=O)(=O)c3ccc(S(=O)(=O)C(F)(F)F)cc3)cc2oc1=O. The zero-order valence-corrected chi connectivity index (χ0v) is 17.0. The van der Waals surface area contributed by atoms with Crippen molar-refractivity contribution >= 4 is 30.9 Å². The van der Waals surface area contributed by atoms with E-state index in [0.717, 1.165) is 0 Å². The topological polar surface area (TPSA) is 108 Å². The van der Waals surface area contributed by atoms with Crippen LogP contribution in [0.5, 0.6) is 5.75 Å². The standard InChI is InChI=1S/C18H13F3O7S2/c1-10-11(2)17(22)27-16-9-12(3-8-15(10)16)28-30(25,26)14-6-4-13(5-7-14)29(23,24)18(19,20)21/h3-9H,1-2H3. The molecule has 0 fully saturated rings. The van der Waals surface area contributed by atoms with Gasteiger partial charge in [-0.2, -0.15) is 21.6 Å². The number of fused-ring (bicyclic) bond motifs is 1. The van der Waals surface area contributed by atoms with Crippen LogP contribution in [0, 0.1) is 13.8 Å². The summed E-state index contributed by atoms with van der Waals surface area (Å²) in [5.41, 5.74) is -4.98. The van der Waals surface area contributed by atoms with E-state index in [9.17, 15) is 34.8 Å². The van der Waals surface area contributed by atoms with Crippen LogP contribution < -0.4 is 9.81 Å². The normalized spacial score (nSPS) is 12.8. The third-order valence-electron chi connectivity index (χ3n) is 4.36. The molecule has 0 amide bonds. The van der Waals surface area contributed by atoms with Gasteiger partial charge in [-0.25, -0.2) is 13.2 Å². The second-order valence-corrected chi connectivity index (χ2v) is 9.74. The molecule has 3 aromatic rings. The van der Waals surface area contributed by atoms with Crippen molar-refractivity contribution < 1.29 is 38.6 Å². The highest BCUT2D eigenvalue weighted by molar-refractivity contribution is 7.92. The second kappa shape index (κ2) is 7.13. The highest BCUT2D eigenvalue weighted by Crippen LogP contribution is 2.31. The molecule has 0 atom stereocenters. The van der Waals surface area contributed by atoms with Crippen LogP contribution in [0.3, 0.4) is 0 Å². The monoisotopic (exact) mass is 462 g/mol. The van der Waals surface area contributed by atoms with Gasteiger partial charge in [0.1, 0.15) is 16.2 Å². The summed E-state index contributed by atoms with van der Waals surface area (Å²) in [5, 5.41) is 0.568. The zero-order valence-electron chi connectivity index (χ0n) is 15.3. The predicted octanol–water partition coefficient (Wildman–Crippen LogP) is 3.47. The molecule has 0 spiro atoms. The van der Waals surface area contributed by atoms with Gasteiger partial charge in [0.05, 0.1) is 4.90 Å². The highest BCUT2D eigenvalue weighted by Gasteiger charge is 2.46. The first kappa shape index (κ1) is 21.8. The molecule has 0 saturated carbocycles. The van der Waals surface area contributed by atoms with Gasteiger partial charge in [0, 0.05) is 17.0 Å². The third kappa shape index (κ3) is 3.79. The molecule has 0 radical (unpaired) electrons. The van der Waals surface area contributed by atoms with Crippen molar-refractivity contribution in [2.45, 2.75) is 29.1 Å². The Bertz CT molecular complexity index is 1400. The molecule has 0 bridgehead atoms. The van der Waals surface area contributed by atoms with Gasteiger partial charge in [-0.15, -0.1) is 0 Å². The molecule has 160 valence electrons. The Hall–Kier alpha value is -2.86. The van der Waals surface area contributed by atoms with Gasteiger partial charge in [-0.3, -0.25) is 0 Å². The van der Waals surface area contributed by atoms with Crippen molar-refractivity contribution in [3.05, 3.63) is 64.0 Å². The number of aryl methyl sites for hydroxylation is 1. The van der Waals surface area contributed by atoms with Crippen molar-refractivity contribution in [3.63, 3.8) is 0 Å².